The van der Waals surface area contributed by atoms with Crippen molar-refractivity contribution >= 4 is 11.3 Å². The first-order chi connectivity index (χ1) is 7.04. The van der Waals surface area contributed by atoms with Gasteiger partial charge in [-0.1, -0.05) is 27.2 Å². The van der Waals surface area contributed by atoms with Crippen LogP contribution in [-0.4, -0.2) is 6.54 Å². The van der Waals surface area contributed by atoms with Gasteiger partial charge in [-0.05, 0) is 43.4 Å². The van der Waals surface area contributed by atoms with Crippen LogP contribution in [-0.2, 0) is 11.8 Å². The molecule has 0 unspecified atom stereocenters. The van der Waals surface area contributed by atoms with Crippen LogP contribution in [0.4, 0.5) is 0 Å². The van der Waals surface area contributed by atoms with E-state index in [0.717, 1.165) is 13.0 Å². The van der Waals surface area contributed by atoms with Gasteiger partial charge in [0.2, 0.25) is 0 Å². The van der Waals surface area contributed by atoms with Crippen molar-refractivity contribution in [1.82, 2.24) is 0 Å². The molecule has 0 saturated carbocycles. The normalized spacial score (nSPS) is 12.0. The topological polar surface area (TPSA) is 26.0 Å². The lowest BCUT2D eigenvalue weighted by atomic mass is 9.95. The third kappa shape index (κ3) is 4.35. The molecule has 0 aliphatic carbocycles. The highest BCUT2D eigenvalue weighted by Gasteiger charge is 2.15. The molecule has 1 aromatic heterocycles. The SMILES string of the molecule is CC(C)(C)c1ccc(CCCCCN)s1. The number of rotatable bonds is 5. The van der Waals surface area contributed by atoms with Gasteiger partial charge >= 0.3 is 0 Å². The van der Waals surface area contributed by atoms with E-state index in [-0.39, 0.29) is 0 Å². The van der Waals surface area contributed by atoms with Crippen molar-refractivity contribution in [2.45, 2.75) is 51.9 Å². The van der Waals surface area contributed by atoms with Gasteiger partial charge in [-0.3, -0.25) is 0 Å². The molecule has 0 saturated heterocycles. The molecule has 0 bridgehead atoms. The van der Waals surface area contributed by atoms with Gasteiger partial charge in [-0.2, -0.15) is 0 Å². The highest BCUT2D eigenvalue weighted by Crippen LogP contribution is 2.30. The predicted octanol–water partition coefficient (Wildman–Crippen LogP) is 3.72. The van der Waals surface area contributed by atoms with Crippen molar-refractivity contribution in [3.8, 4) is 0 Å². The number of aryl methyl sites for hydroxylation is 1. The fraction of sp³-hybridized carbons (Fsp3) is 0.692. The smallest absolute Gasteiger partial charge is 0.0102 e. The second kappa shape index (κ2) is 5.66. The first-order valence-electron chi connectivity index (χ1n) is 5.83. The van der Waals surface area contributed by atoms with Gasteiger partial charge < -0.3 is 5.73 Å². The molecular weight excluding hydrogens is 202 g/mol. The lowest BCUT2D eigenvalue weighted by Crippen LogP contribution is -2.07. The van der Waals surface area contributed by atoms with E-state index in [1.165, 1.54) is 29.0 Å². The fourth-order valence-corrected chi connectivity index (χ4v) is 2.64. The molecule has 1 heterocycles. The van der Waals surface area contributed by atoms with Crippen LogP contribution in [0.15, 0.2) is 12.1 Å². The first kappa shape index (κ1) is 12.7. The van der Waals surface area contributed by atoms with Gasteiger partial charge in [-0.25, -0.2) is 0 Å². The lowest BCUT2D eigenvalue weighted by Gasteiger charge is -2.15. The van der Waals surface area contributed by atoms with E-state index in [1.54, 1.807) is 0 Å². The Morgan fingerprint density at radius 3 is 2.40 bits per heavy atom. The summed E-state index contributed by atoms with van der Waals surface area (Å²) in [5, 5.41) is 0. The molecule has 0 aliphatic heterocycles. The molecule has 86 valence electrons. The summed E-state index contributed by atoms with van der Waals surface area (Å²) in [6.45, 7) is 7.66. The monoisotopic (exact) mass is 225 g/mol. The summed E-state index contributed by atoms with van der Waals surface area (Å²) < 4.78 is 0. The Hall–Kier alpha value is -0.340. The third-order valence-electron chi connectivity index (χ3n) is 2.53. The number of hydrogen-bond acceptors (Lipinski definition) is 2. The molecule has 2 heteroatoms. The number of unbranched alkanes of at least 4 members (excludes halogenated alkanes) is 2. The van der Waals surface area contributed by atoms with Gasteiger partial charge in [0.15, 0.2) is 0 Å². The third-order valence-corrected chi connectivity index (χ3v) is 4.10. The number of hydrogen-bond donors (Lipinski definition) is 1. The zero-order chi connectivity index (χ0) is 11.3. The highest BCUT2D eigenvalue weighted by atomic mass is 32.1. The van der Waals surface area contributed by atoms with Crippen LogP contribution in [0.3, 0.4) is 0 Å². The Morgan fingerprint density at radius 1 is 1.13 bits per heavy atom. The van der Waals surface area contributed by atoms with Crippen molar-refractivity contribution in [3.05, 3.63) is 21.9 Å². The molecule has 2 N–H and O–H groups in total. The molecular formula is C13H23NS. The maximum Gasteiger partial charge on any atom is 0.0102 e. The summed E-state index contributed by atoms with van der Waals surface area (Å²) in [5.74, 6) is 0. The van der Waals surface area contributed by atoms with Crippen molar-refractivity contribution in [2.24, 2.45) is 5.73 Å². The molecule has 1 rings (SSSR count). The van der Waals surface area contributed by atoms with Crippen LogP contribution in [0, 0.1) is 0 Å². The van der Waals surface area contributed by atoms with E-state index < -0.39 is 0 Å². The summed E-state index contributed by atoms with van der Waals surface area (Å²) in [4.78, 5) is 3.02. The molecule has 0 spiro atoms. The molecule has 15 heavy (non-hydrogen) atoms. The van der Waals surface area contributed by atoms with E-state index in [0.29, 0.717) is 5.41 Å². The zero-order valence-electron chi connectivity index (χ0n) is 10.2. The van der Waals surface area contributed by atoms with Gasteiger partial charge in [-0.15, -0.1) is 11.3 Å². The van der Waals surface area contributed by atoms with Gasteiger partial charge in [0, 0.05) is 9.75 Å². The first-order valence-corrected chi connectivity index (χ1v) is 6.65. The Bertz CT molecular complexity index is 283. The molecule has 1 nitrogen and oxygen atoms in total. The van der Waals surface area contributed by atoms with Gasteiger partial charge in [0.05, 0.1) is 0 Å². The molecule has 0 fully saturated rings. The fourth-order valence-electron chi connectivity index (χ4n) is 1.54. The number of thiophene rings is 1. The Morgan fingerprint density at radius 2 is 1.87 bits per heavy atom. The molecule has 1 aromatic rings. The second-order valence-electron chi connectivity index (χ2n) is 5.12. The molecule has 0 radical (unpaired) electrons. The quantitative estimate of drug-likeness (QED) is 0.759. The maximum absolute atomic E-state index is 5.47. The minimum Gasteiger partial charge on any atom is -0.330 e. The van der Waals surface area contributed by atoms with E-state index >= 15 is 0 Å². The summed E-state index contributed by atoms with van der Waals surface area (Å²) in [7, 11) is 0. The van der Waals surface area contributed by atoms with Crippen LogP contribution in [0.25, 0.3) is 0 Å². The Kier molecular flexibility index (Phi) is 4.81. The van der Waals surface area contributed by atoms with Crippen LogP contribution in [0.1, 0.15) is 49.8 Å². The standard InChI is InChI=1S/C13H23NS/c1-13(2,3)12-9-8-11(15-12)7-5-4-6-10-14/h8-9H,4-7,10,14H2,1-3H3. The van der Waals surface area contributed by atoms with Crippen molar-refractivity contribution in [3.63, 3.8) is 0 Å². The maximum atomic E-state index is 5.47. The van der Waals surface area contributed by atoms with E-state index in [4.69, 9.17) is 5.73 Å². The summed E-state index contributed by atoms with van der Waals surface area (Å²) in [6.07, 6.45) is 4.93. The molecule has 0 amide bonds. The zero-order valence-corrected chi connectivity index (χ0v) is 11.0. The lowest BCUT2D eigenvalue weighted by molar-refractivity contribution is 0.604. The summed E-state index contributed by atoms with van der Waals surface area (Å²) >= 11 is 1.97. The highest BCUT2D eigenvalue weighted by molar-refractivity contribution is 7.12. The van der Waals surface area contributed by atoms with E-state index in [9.17, 15) is 0 Å². The molecule has 0 aliphatic rings. The number of nitrogens with two attached hydrogens (primary N) is 1. The minimum atomic E-state index is 0.306. The second-order valence-corrected chi connectivity index (χ2v) is 6.28. The van der Waals surface area contributed by atoms with Crippen molar-refractivity contribution in [2.75, 3.05) is 6.54 Å². The molecule has 0 aromatic carbocycles. The van der Waals surface area contributed by atoms with Gasteiger partial charge in [0.1, 0.15) is 0 Å². The molecule has 0 atom stereocenters. The van der Waals surface area contributed by atoms with Crippen LogP contribution >= 0.6 is 11.3 Å². The Balaban J connectivity index is 2.40. The predicted molar refractivity (Wildman–Crippen MR) is 69.6 cm³/mol. The van der Waals surface area contributed by atoms with Gasteiger partial charge in [0.25, 0.3) is 0 Å². The largest absolute Gasteiger partial charge is 0.330 e. The Labute approximate surface area is 97.7 Å². The average Bonchev–Trinajstić information content (AvgIpc) is 2.60. The average molecular weight is 225 g/mol. The summed E-state index contributed by atoms with van der Waals surface area (Å²) in [6, 6.07) is 4.57. The van der Waals surface area contributed by atoms with Crippen molar-refractivity contribution in [1.29, 1.82) is 0 Å². The van der Waals surface area contributed by atoms with Crippen LogP contribution in [0.2, 0.25) is 0 Å². The minimum absolute atomic E-state index is 0.306. The van der Waals surface area contributed by atoms with Crippen LogP contribution in [0.5, 0.6) is 0 Å². The summed E-state index contributed by atoms with van der Waals surface area (Å²) in [5.41, 5.74) is 5.78. The van der Waals surface area contributed by atoms with E-state index in [2.05, 4.69) is 32.9 Å². The van der Waals surface area contributed by atoms with Crippen molar-refractivity contribution < 1.29 is 0 Å². The van der Waals surface area contributed by atoms with E-state index in [1.807, 2.05) is 11.3 Å². The van der Waals surface area contributed by atoms with Crippen LogP contribution < -0.4 is 5.73 Å².